The van der Waals surface area contributed by atoms with Crippen LogP contribution in [-0.2, 0) is 4.79 Å². The Bertz CT molecular complexity index is 345. The van der Waals surface area contributed by atoms with Gasteiger partial charge in [0.15, 0.2) is 0 Å². The molecule has 1 aliphatic heterocycles. The molecule has 5 heteroatoms. The first-order valence-electron chi connectivity index (χ1n) is 6.92. The number of halogens is 1. The smallest absolute Gasteiger partial charge is 0.219 e. The lowest BCUT2D eigenvalue weighted by atomic mass is 10.1. The summed E-state index contributed by atoms with van der Waals surface area (Å²) in [5.74, 6) is 0.202. The van der Waals surface area contributed by atoms with E-state index in [4.69, 9.17) is 0 Å². The number of amides is 1. The Balaban J connectivity index is 0. The van der Waals surface area contributed by atoms with Crippen LogP contribution in [0.5, 0.6) is 0 Å². The quantitative estimate of drug-likeness (QED) is 0.737. The van der Waals surface area contributed by atoms with Crippen molar-refractivity contribution in [3.05, 3.63) is 36.4 Å². The molecule has 0 radical (unpaired) electrons. The van der Waals surface area contributed by atoms with Gasteiger partial charge in [0.1, 0.15) is 0 Å². The van der Waals surface area contributed by atoms with Gasteiger partial charge in [-0.3, -0.25) is 9.69 Å². The van der Waals surface area contributed by atoms with E-state index < -0.39 is 0 Å². The van der Waals surface area contributed by atoms with Crippen LogP contribution in [0.25, 0.3) is 0 Å². The van der Waals surface area contributed by atoms with Crippen LogP contribution in [0.1, 0.15) is 27.7 Å². The van der Waals surface area contributed by atoms with E-state index in [0.29, 0.717) is 0 Å². The third kappa shape index (κ3) is 8.71. The fourth-order valence-electron chi connectivity index (χ4n) is 2.08. The predicted molar refractivity (Wildman–Crippen MR) is 90.9 cm³/mol. The molecule has 2 rings (SSSR count). The van der Waals surface area contributed by atoms with E-state index in [1.54, 1.807) is 6.92 Å². The molecule has 0 aromatic heterocycles. The Kier molecular flexibility index (Phi) is 11.2. The van der Waals surface area contributed by atoms with Gasteiger partial charge in [0.25, 0.3) is 0 Å². The molecule has 1 aliphatic rings. The number of hydrogen-bond donors (Lipinski definition) is 0. The van der Waals surface area contributed by atoms with Crippen molar-refractivity contribution in [1.29, 1.82) is 0 Å². The van der Waals surface area contributed by atoms with Gasteiger partial charge in [0.2, 0.25) is 5.91 Å². The zero-order chi connectivity index (χ0) is 14.3. The van der Waals surface area contributed by atoms with Gasteiger partial charge in [-0.1, -0.05) is 36.4 Å². The highest BCUT2D eigenvalue weighted by Gasteiger charge is 2.26. The molecule has 0 spiro atoms. The van der Waals surface area contributed by atoms with Crippen LogP contribution >= 0.6 is 12.4 Å². The lowest BCUT2D eigenvalue weighted by Crippen LogP contribution is -2.54. The van der Waals surface area contributed by atoms with E-state index in [2.05, 4.69) is 25.7 Å². The van der Waals surface area contributed by atoms with Crippen LogP contribution < -0.4 is 0 Å². The van der Waals surface area contributed by atoms with E-state index in [9.17, 15) is 4.79 Å². The molecule has 0 bridgehead atoms. The van der Waals surface area contributed by atoms with E-state index in [0.717, 1.165) is 26.2 Å². The third-order valence-electron chi connectivity index (χ3n) is 3.34. The predicted octanol–water partition coefficient (Wildman–Crippen LogP) is 2.23. The molecule has 0 saturated carbocycles. The molecule has 1 fully saturated rings. The molecule has 0 aliphatic carbocycles. The second-order valence-corrected chi connectivity index (χ2v) is 5.82. The maximum Gasteiger partial charge on any atom is 0.219 e. The highest BCUT2D eigenvalue weighted by molar-refractivity contribution is 5.85. The zero-order valence-electron chi connectivity index (χ0n) is 13.5. The molecule has 1 amide bonds. The molecular weight excluding hydrogens is 288 g/mol. The number of piperazine rings is 1. The average Bonchev–Trinajstić information content (AvgIpc) is 2.40. The van der Waals surface area contributed by atoms with Gasteiger partial charge in [-0.2, -0.15) is 0 Å². The SMILES string of the molecule is CC(=O)N1CCN(C(C)(C)C)CC1.Cl.O.c1ccccc1. The Morgan fingerprint density at radius 2 is 1.19 bits per heavy atom. The van der Waals surface area contributed by atoms with E-state index in [1.165, 1.54) is 0 Å². The fraction of sp³-hybridized carbons (Fsp3) is 0.562. The Hall–Kier alpha value is -1.10. The van der Waals surface area contributed by atoms with Crippen LogP contribution in [-0.4, -0.2) is 52.9 Å². The normalized spacial score (nSPS) is 15.0. The van der Waals surface area contributed by atoms with Gasteiger partial charge in [0, 0.05) is 38.6 Å². The minimum absolute atomic E-state index is 0. The first-order valence-corrected chi connectivity index (χ1v) is 6.92. The second kappa shape index (κ2) is 10.6. The number of nitrogens with zero attached hydrogens (tertiary/aromatic N) is 2. The molecular formula is C16H29ClN2O2. The number of carbonyl (C=O) groups excluding carboxylic acids is 1. The minimum Gasteiger partial charge on any atom is -0.412 e. The number of rotatable bonds is 0. The van der Waals surface area contributed by atoms with Gasteiger partial charge in [-0.15, -0.1) is 12.4 Å². The van der Waals surface area contributed by atoms with Gasteiger partial charge in [-0.25, -0.2) is 0 Å². The summed E-state index contributed by atoms with van der Waals surface area (Å²) in [6.45, 7) is 12.1. The van der Waals surface area contributed by atoms with Crippen LogP contribution in [0.3, 0.4) is 0 Å². The maximum absolute atomic E-state index is 11.1. The Morgan fingerprint density at radius 3 is 1.43 bits per heavy atom. The van der Waals surface area contributed by atoms with Crippen LogP contribution in [0.15, 0.2) is 36.4 Å². The van der Waals surface area contributed by atoms with Crippen molar-refractivity contribution < 1.29 is 10.3 Å². The molecule has 4 nitrogen and oxygen atoms in total. The number of benzene rings is 1. The molecule has 0 unspecified atom stereocenters. The summed E-state index contributed by atoms with van der Waals surface area (Å²) in [5, 5.41) is 0. The molecule has 21 heavy (non-hydrogen) atoms. The van der Waals surface area contributed by atoms with Crippen molar-refractivity contribution in [2.24, 2.45) is 0 Å². The topological polar surface area (TPSA) is 55.1 Å². The van der Waals surface area contributed by atoms with Crippen molar-refractivity contribution in [3.8, 4) is 0 Å². The summed E-state index contributed by atoms with van der Waals surface area (Å²) >= 11 is 0. The Labute approximate surface area is 134 Å². The van der Waals surface area contributed by atoms with E-state index in [-0.39, 0.29) is 29.3 Å². The van der Waals surface area contributed by atoms with Crippen molar-refractivity contribution in [3.63, 3.8) is 0 Å². The summed E-state index contributed by atoms with van der Waals surface area (Å²) in [4.78, 5) is 15.4. The summed E-state index contributed by atoms with van der Waals surface area (Å²) in [6, 6.07) is 12.0. The third-order valence-corrected chi connectivity index (χ3v) is 3.34. The highest BCUT2D eigenvalue weighted by atomic mass is 35.5. The molecule has 122 valence electrons. The van der Waals surface area contributed by atoms with Gasteiger partial charge in [-0.05, 0) is 20.8 Å². The van der Waals surface area contributed by atoms with E-state index in [1.807, 2.05) is 41.3 Å². The number of carbonyl (C=O) groups is 1. The van der Waals surface area contributed by atoms with Crippen LogP contribution in [0.2, 0.25) is 0 Å². The minimum atomic E-state index is 0. The van der Waals surface area contributed by atoms with Gasteiger partial charge in [0.05, 0.1) is 0 Å². The Morgan fingerprint density at radius 1 is 0.857 bits per heavy atom. The largest absolute Gasteiger partial charge is 0.412 e. The lowest BCUT2D eigenvalue weighted by molar-refractivity contribution is -0.131. The molecule has 0 atom stereocenters. The van der Waals surface area contributed by atoms with Gasteiger partial charge < -0.3 is 10.4 Å². The average molecular weight is 317 g/mol. The van der Waals surface area contributed by atoms with Crippen molar-refractivity contribution >= 4 is 18.3 Å². The molecule has 1 saturated heterocycles. The standard InChI is InChI=1S/C10H20N2O.C6H6.ClH.H2O/c1-9(13)11-5-7-12(8-6-11)10(2,3)4;1-2-4-6-5-3-1;;/h5-8H2,1-4H3;1-6H;1H;1H2. The summed E-state index contributed by atoms with van der Waals surface area (Å²) in [5.41, 5.74) is 0.239. The van der Waals surface area contributed by atoms with Crippen molar-refractivity contribution in [2.75, 3.05) is 26.2 Å². The van der Waals surface area contributed by atoms with Crippen molar-refractivity contribution in [1.82, 2.24) is 9.80 Å². The lowest BCUT2D eigenvalue weighted by Gasteiger charge is -2.42. The zero-order valence-corrected chi connectivity index (χ0v) is 14.3. The second-order valence-electron chi connectivity index (χ2n) is 5.82. The first kappa shape index (κ1) is 22.2. The maximum atomic E-state index is 11.1. The van der Waals surface area contributed by atoms with Crippen molar-refractivity contribution in [2.45, 2.75) is 33.2 Å². The highest BCUT2D eigenvalue weighted by Crippen LogP contribution is 2.15. The fourth-order valence-corrected chi connectivity index (χ4v) is 2.08. The number of hydrogen-bond acceptors (Lipinski definition) is 2. The molecule has 1 aromatic carbocycles. The molecule has 2 N–H and O–H groups in total. The molecule has 1 heterocycles. The van der Waals surface area contributed by atoms with E-state index >= 15 is 0 Å². The summed E-state index contributed by atoms with van der Waals surface area (Å²) in [6.07, 6.45) is 0. The van der Waals surface area contributed by atoms with Gasteiger partial charge >= 0.3 is 0 Å². The monoisotopic (exact) mass is 316 g/mol. The summed E-state index contributed by atoms with van der Waals surface area (Å²) in [7, 11) is 0. The first-order chi connectivity index (χ1) is 8.91. The molecule has 1 aromatic rings. The van der Waals surface area contributed by atoms with Crippen LogP contribution in [0.4, 0.5) is 0 Å². The summed E-state index contributed by atoms with van der Waals surface area (Å²) < 4.78 is 0. The van der Waals surface area contributed by atoms with Crippen LogP contribution in [0, 0.1) is 0 Å².